The third kappa shape index (κ3) is 2.36. The summed E-state index contributed by atoms with van der Waals surface area (Å²) in [6, 6.07) is 15.3. The van der Waals surface area contributed by atoms with Gasteiger partial charge in [-0.1, -0.05) is 30.3 Å². The van der Waals surface area contributed by atoms with Crippen molar-refractivity contribution in [2.45, 2.75) is 0 Å². The molecule has 0 aliphatic rings. The van der Waals surface area contributed by atoms with E-state index in [1.54, 1.807) is 54.6 Å². The highest BCUT2D eigenvalue weighted by Gasteiger charge is 2.17. The molecule has 3 aromatic rings. The molecule has 1 aromatic heterocycles. The maximum Gasteiger partial charge on any atom is 0.255 e. The van der Waals surface area contributed by atoms with Crippen molar-refractivity contribution in [3.63, 3.8) is 0 Å². The van der Waals surface area contributed by atoms with Gasteiger partial charge in [-0.05, 0) is 24.3 Å². The molecule has 3 rings (SSSR count). The fourth-order valence-corrected chi connectivity index (χ4v) is 2.09. The molecule has 0 bridgehead atoms. The number of nitrogens with one attached hydrogen (secondary N) is 1. The molecule has 0 saturated carbocycles. The summed E-state index contributed by atoms with van der Waals surface area (Å²) >= 11 is 0. The van der Waals surface area contributed by atoms with E-state index in [0.717, 1.165) is 0 Å². The standard InChI is InChI=1S/C16H11NO4/c18-15(10-6-2-1-3-7-10)17-13-11-8-4-5-9-12(11)21-14(13)16(19)20/h1-9H,(H,17,18)(H,19,20)/p-1. The molecule has 0 unspecified atom stereocenters. The summed E-state index contributed by atoms with van der Waals surface area (Å²) in [5.41, 5.74) is 0.909. The van der Waals surface area contributed by atoms with Crippen LogP contribution in [0.15, 0.2) is 59.0 Å². The maximum absolute atomic E-state index is 12.2. The van der Waals surface area contributed by atoms with Gasteiger partial charge in [-0.25, -0.2) is 0 Å². The van der Waals surface area contributed by atoms with Crippen LogP contribution in [0.4, 0.5) is 5.69 Å². The Morgan fingerprint density at radius 1 is 0.952 bits per heavy atom. The van der Waals surface area contributed by atoms with Crippen LogP contribution < -0.4 is 10.4 Å². The van der Waals surface area contributed by atoms with Crippen molar-refractivity contribution < 1.29 is 19.1 Å². The van der Waals surface area contributed by atoms with E-state index in [1.807, 2.05) is 0 Å². The number of carboxylic acids is 1. The van der Waals surface area contributed by atoms with Gasteiger partial charge in [-0.2, -0.15) is 0 Å². The van der Waals surface area contributed by atoms with Crippen LogP contribution in [-0.4, -0.2) is 11.9 Å². The number of rotatable bonds is 3. The first kappa shape index (κ1) is 12.9. The van der Waals surface area contributed by atoms with Gasteiger partial charge >= 0.3 is 0 Å². The summed E-state index contributed by atoms with van der Waals surface area (Å²) in [5, 5.41) is 14.2. The van der Waals surface area contributed by atoms with E-state index in [2.05, 4.69) is 5.32 Å². The van der Waals surface area contributed by atoms with Crippen LogP contribution in [0, 0.1) is 0 Å². The molecule has 1 amide bonds. The van der Waals surface area contributed by atoms with Crippen LogP contribution in [0.3, 0.4) is 0 Å². The second kappa shape index (κ2) is 5.13. The summed E-state index contributed by atoms with van der Waals surface area (Å²) in [5.74, 6) is -2.28. The quantitative estimate of drug-likeness (QED) is 0.796. The zero-order valence-corrected chi connectivity index (χ0v) is 10.8. The summed E-state index contributed by atoms with van der Waals surface area (Å²) in [6.45, 7) is 0. The highest BCUT2D eigenvalue weighted by molar-refractivity contribution is 6.12. The minimum absolute atomic E-state index is 0.111. The van der Waals surface area contributed by atoms with E-state index >= 15 is 0 Å². The minimum Gasteiger partial charge on any atom is -0.541 e. The van der Waals surface area contributed by atoms with E-state index in [-0.39, 0.29) is 11.4 Å². The zero-order chi connectivity index (χ0) is 14.8. The van der Waals surface area contributed by atoms with Crippen molar-refractivity contribution in [3.8, 4) is 0 Å². The number of fused-ring (bicyclic) bond motifs is 1. The molecule has 21 heavy (non-hydrogen) atoms. The summed E-state index contributed by atoms with van der Waals surface area (Å²) in [4.78, 5) is 23.3. The molecule has 5 heteroatoms. The molecule has 0 aliphatic heterocycles. The molecule has 0 aliphatic carbocycles. The van der Waals surface area contributed by atoms with Gasteiger partial charge in [0, 0.05) is 10.9 Å². The first-order chi connectivity index (χ1) is 10.2. The fourth-order valence-electron chi connectivity index (χ4n) is 2.09. The van der Waals surface area contributed by atoms with Crippen LogP contribution in [0.5, 0.6) is 0 Å². The Morgan fingerprint density at radius 3 is 2.33 bits per heavy atom. The molecule has 5 nitrogen and oxygen atoms in total. The van der Waals surface area contributed by atoms with Gasteiger partial charge in [0.2, 0.25) is 0 Å². The first-order valence-corrected chi connectivity index (χ1v) is 6.26. The largest absolute Gasteiger partial charge is 0.541 e. The second-order valence-corrected chi connectivity index (χ2v) is 4.41. The molecule has 0 radical (unpaired) electrons. The van der Waals surface area contributed by atoms with Gasteiger partial charge in [-0.15, -0.1) is 0 Å². The number of hydrogen-bond donors (Lipinski definition) is 1. The van der Waals surface area contributed by atoms with Crippen molar-refractivity contribution in [3.05, 3.63) is 65.9 Å². The molecule has 0 saturated heterocycles. The van der Waals surface area contributed by atoms with Crippen LogP contribution in [-0.2, 0) is 0 Å². The molecule has 1 heterocycles. The number of benzene rings is 2. The zero-order valence-electron chi connectivity index (χ0n) is 10.8. The normalized spacial score (nSPS) is 10.5. The van der Waals surface area contributed by atoms with Gasteiger partial charge < -0.3 is 19.6 Å². The molecule has 104 valence electrons. The number of amides is 1. The average molecular weight is 280 g/mol. The lowest BCUT2D eigenvalue weighted by molar-refractivity contribution is -0.256. The second-order valence-electron chi connectivity index (χ2n) is 4.41. The van der Waals surface area contributed by atoms with Crippen LogP contribution >= 0.6 is 0 Å². The van der Waals surface area contributed by atoms with Crippen LogP contribution in [0.2, 0.25) is 0 Å². The molecule has 1 N–H and O–H groups in total. The fraction of sp³-hybridized carbons (Fsp3) is 0. The van der Waals surface area contributed by atoms with Crippen molar-refractivity contribution >= 4 is 28.5 Å². The van der Waals surface area contributed by atoms with Gasteiger partial charge in [0.1, 0.15) is 11.6 Å². The molecule has 0 spiro atoms. The number of para-hydroxylation sites is 1. The Labute approximate surface area is 119 Å². The lowest BCUT2D eigenvalue weighted by Gasteiger charge is -2.06. The Kier molecular flexibility index (Phi) is 3.16. The summed E-state index contributed by atoms with van der Waals surface area (Å²) in [7, 11) is 0. The summed E-state index contributed by atoms with van der Waals surface area (Å²) < 4.78 is 5.22. The number of anilines is 1. The predicted molar refractivity (Wildman–Crippen MR) is 74.9 cm³/mol. The average Bonchev–Trinajstić information content (AvgIpc) is 2.87. The van der Waals surface area contributed by atoms with Crippen molar-refractivity contribution in [1.82, 2.24) is 0 Å². The lowest BCUT2D eigenvalue weighted by atomic mass is 10.2. The monoisotopic (exact) mass is 280 g/mol. The highest BCUT2D eigenvalue weighted by atomic mass is 16.4. The van der Waals surface area contributed by atoms with E-state index in [9.17, 15) is 14.7 Å². The van der Waals surface area contributed by atoms with Gasteiger partial charge in [0.25, 0.3) is 5.91 Å². The van der Waals surface area contributed by atoms with E-state index in [0.29, 0.717) is 16.5 Å². The summed E-state index contributed by atoms with van der Waals surface area (Å²) in [6.07, 6.45) is 0. The van der Waals surface area contributed by atoms with Crippen molar-refractivity contribution in [1.29, 1.82) is 0 Å². The third-order valence-electron chi connectivity index (χ3n) is 3.06. The number of carboxylic acid groups (broad SMARTS) is 1. The Bertz CT molecular complexity index is 821. The highest BCUT2D eigenvalue weighted by Crippen LogP contribution is 2.30. The Balaban J connectivity index is 2.05. The SMILES string of the molecule is O=C(Nc1c(C(=O)[O-])oc2ccccc12)c1ccccc1. The first-order valence-electron chi connectivity index (χ1n) is 6.26. The van der Waals surface area contributed by atoms with Gasteiger partial charge in [-0.3, -0.25) is 4.79 Å². The molecule has 0 atom stereocenters. The van der Waals surface area contributed by atoms with Gasteiger partial charge in [0.05, 0.1) is 5.69 Å². The Hall–Kier alpha value is -3.08. The van der Waals surface area contributed by atoms with Gasteiger partial charge in [0.15, 0.2) is 5.76 Å². The molecule has 0 fully saturated rings. The van der Waals surface area contributed by atoms with Crippen LogP contribution in [0.1, 0.15) is 20.9 Å². The van der Waals surface area contributed by atoms with E-state index < -0.39 is 11.9 Å². The minimum atomic E-state index is -1.48. The lowest BCUT2D eigenvalue weighted by Crippen LogP contribution is -2.24. The number of hydrogen-bond acceptors (Lipinski definition) is 4. The van der Waals surface area contributed by atoms with Crippen molar-refractivity contribution in [2.75, 3.05) is 5.32 Å². The predicted octanol–water partition coefficient (Wildman–Crippen LogP) is 2.05. The number of furan rings is 1. The third-order valence-corrected chi connectivity index (χ3v) is 3.06. The number of carbonyl (C=O) groups excluding carboxylic acids is 2. The van der Waals surface area contributed by atoms with Crippen molar-refractivity contribution in [2.24, 2.45) is 0 Å². The number of carbonyl (C=O) groups is 2. The van der Waals surface area contributed by atoms with Crippen LogP contribution in [0.25, 0.3) is 11.0 Å². The molecular weight excluding hydrogens is 270 g/mol. The van der Waals surface area contributed by atoms with E-state index in [1.165, 1.54) is 0 Å². The Morgan fingerprint density at radius 2 is 1.62 bits per heavy atom. The molecule has 2 aromatic carbocycles. The maximum atomic E-state index is 12.2. The van der Waals surface area contributed by atoms with E-state index in [4.69, 9.17) is 4.42 Å². The topological polar surface area (TPSA) is 82.4 Å². The smallest absolute Gasteiger partial charge is 0.255 e. The molecular formula is C16H10NO4-. The number of aromatic carboxylic acids is 1.